The van der Waals surface area contributed by atoms with Gasteiger partial charge in [0.05, 0.1) is 19.0 Å². The Labute approximate surface area is 114 Å². The Morgan fingerprint density at radius 1 is 1.42 bits per heavy atom. The summed E-state index contributed by atoms with van der Waals surface area (Å²) in [6.45, 7) is 4.87. The molecule has 8 heteroatoms. The average Bonchev–Trinajstić information content (AvgIpc) is 2.36. The van der Waals surface area contributed by atoms with Crippen LogP contribution >= 0.6 is 0 Å². The molecule has 0 spiro atoms. The summed E-state index contributed by atoms with van der Waals surface area (Å²) in [5, 5.41) is 11.2. The summed E-state index contributed by atoms with van der Waals surface area (Å²) < 4.78 is 17.0. The van der Waals surface area contributed by atoms with Crippen LogP contribution in [0.15, 0.2) is 0 Å². The number of aliphatic carboxylic acids is 1. The maximum absolute atomic E-state index is 11.8. The van der Waals surface area contributed by atoms with Gasteiger partial charge in [-0.1, -0.05) is 0 Å². The zero-order valence-corrected chi connectivity index (χ0v) is 11.8. The molecular weight excluding hydrogens is 272 g/mol. The number of hydrogen-bond donors (Lipinski definition) is 2. The first-order valence-corrected chi connectivity index (χ1v) is 7.63. The van der Waals surface area contributed by atoms with Gasteiger partial charge >= 0.3 is 5.97 Å². The summed E-state index contributed by atoms with van der Waals surface area (Å²) >= 11 is 0. The lowest BCUT2D eigenvalue weighted by Crippen LogP contribution is -2.44. The predicted octanol–water partition coefficient (Wildman–Crippen LogP) is -1.34. The molecule has 0 aliphatic carbocycles. The second-order valence-electron chi connectivity index (χ2n) is 4.36. The number of carboxylic acids is 1. The second-order valence-corrected chi connectivity index (χ2v) is 5.98. The number of amides is 1. The number of carbonyl (C=O) groups is 2. The number of hydrogen-bond acceptors (Lipinski definition) is 5. The maximum atomic E-state index is 11.8. The normalized spacial score (nSPS) is 19.6. The molecule has 0 bridgehead atoms. The van der Waals surface area contributed by atoms with Crippen LogP contribution in [0.2, 0.25) is 0 Å². The Bertz CT molecular complexity index is 344. The van der Waals surface area contributed by atoms with Gasteiger partial charge in [0.1, 0.15) is 6.04 Å². The van der Waals surface area contributed by atoms with Gasteiger partial charge in [-0.25, -0.2) is 4.79 Å². The highest BCUT2D eigenvalue weighted by Crippen LogP contribution is 1.98. The van der Waals surface area contributed by atoms with Crippen molar-refractivity contribution in [3.63, 3.8) is 0 Å². The molecule has 1 unspecified atom stereocenters. The molecule has 19 heavy (non-hydrogen) atoms. The molecule has 1 aliphatic heterocycles. The van der Waals surface area contributed by atoms with Crippen molar-refractivity contribution in [1.82, 2.24) is 10.2 Å². The highest BCUT2D eigenvalue weighted by molar-refractivity contribution is 7.85. The van der Waals surface area contributed by atoms with E-state index in [1.807, 2.05) is 0 Å². The number of rotatable bonds is 7. The number of nitrogens with zero attached hydrogens (tertiary/aromatic N) is 1. The van der Waals surface area contributed by atoms with Crippen LogP contribution in [0, 0.1) is 0 Å². The third-order valence-corrected chi connectivity index (χ3v) is 4.11. The Morgan fingerprint density at radius 2 is 2.05 bits per heavy atom. The third-order valence-electron chi connectivity index (χ3n) is 2.77. The molecule has 1 rings (SSSR count). The average molecular weight is 292 g/mol. The molecule has 0 radical (unpaired) electrons. The Balaban J connectivity index is 2.31. The molecule has 0 aromatic rings. The van der Waals surface area contributed by atoms with Crippen LogP contribution in [0.3, 0.4) is 0 Å². The van der Waals surface area contributed by atoms with E-state index >= 15 is 0 Å². The molecule has 2 N–H and O–H groups in total. The number of carboxylic acid groups (broad SMARTS) is 1. The molecule has 1 heterocycles. The van der Waals surface area contributed by atoms with Crippen molar-refractivity contribution in [2.45, 2.75) is 13.0 Å². The molecule has 0 aromatic heterocycles. The fourth-order valence-electron chi connectivity index (χ4n) is 1.74. The Kier molecular flexibility index (Phi) is 6.96. The van der Waals surface area contributed by atoms with Crippen molar-refractivity contribution in [2.24, 2.45) is 0 Å². The van der Waals surface area contributed by atoms with Crippen LogP contribution in [-0.2, 0) is 25.1 Å². The largest absolute Gasteiger partial charge is 0.480 e. The minimum Gasteiger partial charge on any atom is -0.480 e. The molecule has 110 valence electrons. The van der Waals surface area contributed by atoms with Gasteiger partial charge in [0.25, 0.3) is 0 Å². The standard InChI is InChI=1S/C11H20N2O5S/c1-9(14)12-10(11(15)16)8-19(17)7-4-13-2-5-18-6-3-13/h10H,2-8H2,1H3,(H,12,14)(H,15,16)/t10-,19?/m0/s1. The highest BCUT2D eigenvalue weighted by atomic mass is 32.2. The molecule has 1 saturated heterocycles. The first-order valence-electron chi connectivity index (χ1n) is 6.14. The summed E-state index contributed by atoms with van der Waals surface area (Å²) in [5.74, 6) is -1.24. The summed E-state index contributed by atoms with van der Waals surface area (Å²) in [5.41, 5.74) is 0. The topological polar surface area (TPSA) is 95.9 Å². The first kappa shape index (κ1) is 16.1. The monoisotopic (exact) mass is 292 g/mol. The van der Waals surface area contributed by atoms with Crippen LogP contribution < -0.4 is 5.32 Å². The molecular formula is C11H20N2O5S. The maximum Gasteiger partial charge on any atom is 0.327 e. The zero-order chi connectivity index (χ0) is 14.3. The summed E-state index contributed by atoms with van der Waals surface area (Å²) in [6.07, 6.45) is 0. The second kappa shape index (κ2) is 8.23. The fraction of sp³-hybridized carbons (Fsp3) is 0.818. The summed E-state index contributed by atoms with van der Waals surface area (Å²) in [6, 6.07) is -1.08. The fourth-order valence-corrected chi connectivity index (χ4v) is 2.97. The van der Waals surface area contributed by atoms with Crippen molar-refractivity contribution in [3.05, 3.63) is 0 Å². The van der Waals surface area contributed by atoms with Crippen molar-refractivity contribution in [2.75, 3.05) is 44.4 Å². The molecule has 1 aliphatic rings. The minimum atomic E-state index is -1.27. The van der Waals surface area contributed by atoms with Gasteiger partial charge in [-0.3, -0.25) is 13.9 Å². The third kappa shape index (κ3) is 6.65. The molecule has 2 atom stereocenters. The van der Waals surface area contributed by atoms with E-state index in [4.69, 9.17) is 9.84 Å². The van der Waals surface area contributed by atoms with Gasteiger partial charge in [0, 0.05) is 43.1 Å². The van der Waals surface area contributed by atoms with Gasteiger partial charge in [0.2, 0.25) is 5.91 Å². The predicted molar refractivity (Wildman–Crippen MR) is 70.4 cm³/mol. The molecule has 1 amide bonds. The van der Waals surface area contributed by atoms with Gasteiger partial charge in [-0.05, 0) is 0 Å². The lowest BCUT2D eigenvalue weighted by molar-refractivity contribution is -0.140. The van der Waals surface area contributed by atoms with Crippen LogP contribution in [0.1, 0.15) is 6.92 Å². The van der Waals surface area contributed by atoms with E-state index in [9.17, 15) is 13.8 Å². The van der Waals surface area contributed by atoms with E-state index in [-0.39, 0.29) is 5.75 Å². The van der Waals surface area contributed by atoms with Crippen molar-refractivity contribution in [3.8, 4) is 0 Å². The van der Waals surface area contributed by atoms with E-state index in [2.05, 4.69) is 10.2 Å². The van der Waals surface area contributed by atoms with Crippen LogP contribution in [-0.4, -0.2) is 76.5 Å². The van der Waals surface area contributed by atoms with Crippen molar-refractivity contribution in [1.29, 1.82) is 0 Å². The van der Waals surface area contributed by atoms with E-state index < -0.39 is 28.7 Å². The Hall–Kier alpha value is -0.990. The number of morpholine rings is 1. The van der Waals surface area contributed by atoms with Crippen molar-refractivity contribution < 1.29 is 23.6 Å². The number of ether oxygens (including phenoxy) is 1. The van der Waals surface area contributed by atoms with E-state index in [1.165, 1.54) is 6.92 Å². The smallest absolute Gasteiger partial charge is 0.327 e. The number of nitrogens with one attached hydrogen (secondary N) is 1. The lowest BCUT2D eigenvalue weighted by atomic mass is 10.3. The van der Waals surface area contributed by atoms with Crippen LogP contribution in [0.5, 0.6) is 0 Å². The van der Waals surface area contributed by atoms with E-state index in [0.29, 0.717) is 25.5 Å². The molecule has 1 fully saturated rings. The quantitative estimate of drug-likeness (QED) is 0.603. The highest BCUT2D eigenvalue weighted by Gasteiger charge is 2.21. The van der Waals surface area contributed by atoms with Crippen molar-refractivity contribution >= 4 is 22.7 Å². The van der Waals surface area contributed by atoms with Crippen LogP contribution in [0.25, 0.3) is 0 Å². The summed E-state index contributed by atoms with van der Waals surface area (Å²) in [4.78, 5) is 23.9. The first-order chi connectivity index (χ1) is 8.99. The molecule has 7 nitrogen and oxygen atoms in total. The Morgan fingerprint density at radius 3 is 2.58 bits per heavy atom. The SMILES string of the molecule is CC(=O)N[C@@H](CS(=O)CCN1CCOCC1)C(=O)O. The van der Waals surface area contributed by atoms with Gasteiger partial charge in [0.15, 0.2) is 0 Å². The van der Waals surface area contributed by atoms with Crippen LogP contribution in [0.4, 0.5) is 0 Å². The summed E-state index contributed by atoms with van der Waals surface area (Å²) in [7, 11) is -1.27. The van der Waals surface area contributed by atoms with E-state index in [1.54, 1.807) is 0 Å². The lowest BCUT2D eigenvalue weighted by Gasteiger charge is -2.26. The van der Waals surface area contributed by atoms with Gasteiger partial charge in [-0.15, -0.1) is 0 Å². The molecule has 0 saturated carbocycles. The zero-order valence-electron chi connectivity index (χ0n) is 11.0. The van der Waals surface area contributed by atoms with E-state index in [0.717, 1.165) is 13.1 Å². The van der Waals surface area contributed by atoms with Gasteiger partial charge < -0.3 is 15.2 Å². The number of carbonyl (C=O) groups excluding carboxylic acids is 1. The minimum absolute atomic E-state index is 0.0563. The molecule has 0 aromatic carbocycles. The van der Waals surface area contributed by atoms with Gasteiger partial charge in [-0.2, -0.15) is 0 Å².